The number of H-pyrrole nitrogens is 1. The topological polar surface area (TPSA) is 96.3 Å². The number of benzene rings is 2. The Balaban J connectivity index is 1.34. The quantitative estimate of drug-likeness (QED) is 0.458. The lowest BCUT2D eigenvalue weighted by Gasteiger charge is -2.30. The van der Waals surface area contributed by atoms with Crippen LogP contribution in [-0.4, -0.2) is 74.2 Å². The third kappa shape index (κ3) is 4.53. The predicted octanol–water partition coefficient (Wildman–Crippen LogP) is 2.99. The van der Waals surface area contributed by atoms with E-state index in [4.69, 9.17) is 9.84 Å². The molecule has 9 nitrogen and oxygen atoms in total. The molecule has 4 aromatic rings. The lowest BCUT2D eigenvalue weighted by molar-refractivity contribution is 0.0296. The first-order valence-corrected chi connectivity index (χ1v) is 12.6. The second-order valence-electron chi connectivity index (χ2n) is 9.28. The maximum absolute atomic E-state index is 13.8. The molecule has 4 heterocycles. The summed E-state index contributed by atoms with van der Waals surface area (Å²) in [4.78, 5) is 38.4. The lowest BCUT2D eigenvalue weighted by atomic mass is 10.0. The molecule has 1 N–H and O–H groups in total. The minimum absolute atomic E-state index is 0.0850. The van der Waals surface area contributed by atoms with Crippen LogP contribution in [0.4, 0.5) is 0 Å². The Morgan fingerprint density at radius 3 is 2.49 bits per heavy atom. The van der Waals surface area contributed by atoms with E-state index in [0.717, 1.165) is 22.4 Å². The van der Waals surface area contributed by atoms with E-state index in [0.29, 0.717) is 69.4 Å². The van der Waals surface area contributed by atoms with Crippen molar-refractivity contribution in [2.45, 2.75) is 19.5 Å². The van der Waals surface area contributed by atoms with Gasteiger partial charge in [0.2, 0.25) is 0 Å². The summed E-state index contributed by atoms with van der Waals surface area (Å²) in [6.07, 6.45) is 4.04. The smallest absolute Gasteiger partial charge is 0.274 e. The molecule has 0 unspecified atom stereocenters. The number of hydrogen-bond acceptors (Lipinski definition) is 5. The Bertz CT molecular complexity index is 1410. The first-order chi connectivity index (χ1) is 18.2. The molecule has 2 amide bonds. The summed E-state index contributed by atoms with van der Waals surface area (Å²) in [5.41, 5.74) is 4.74. The molecular weight excluding hydrogens is 468 g/mol. The van der Waals surface area contributed by atoms with Crippen molar-refractivity contribution in [3.8, 4) is 11.4 Å². The third-order valence-electron chi connectivity index (χ3n) is 7.01. The molecule has 9 heteroatoms. The molecule has 37 heavy (non-hydrogen) atoms. The Labute approximate surface area is 214 Å². The molecule has 0 aliphatic carbocycles. The number of hydrogen-bond donors (Lipinski definition) is 1. The Morgan fingerprint density at radius 2 is 1.70 bits per heavy atom. The summed E-state index contributed by atoms with van der Waals surface area (Å²) in [6.45, 7) is 3.58. The summed E-state index contributed by atoms with van der Waals surface area (Å²) in [7, 11) is 0. The van der Waals surface area contributed by atoms with Crippen molar-refractivity contribution in [1.82, 2.24) is 29.5 Å². The van der Waals surface area contributed by atoms with Crippen LogP contribution in [-0.2, 0) is 24.2 Å². The zero-order valence-corrected chi connectivity index (χ0v) is 20.5. The summed E-state index contributed by atoms with van der Waals surface area (Å²) >= 11 is 0. The number of aromatic amines is 1. The molecule has 0 spiro atoms. The van der Waals surface area contributed by atoms with Gasteiger partial charge in [-0.25, -0.2) is 4.98 Å². The van der Waals surface area contributed by atoms with Crippen LogP contribution in [0, 0.1) is 0 Å². The number of fused-ring (bicyclic) bond motifs is 1. The Morgan fingerprint density at radius 1 is 0.919 bits per heavy atom. The highest BCUT2D eigenvalue weighted by Gasteiger charge is 2.33. The minimum atomic E-state index is -0.100. The van der Waals surface area contributed by atoms with Crippen LogP contribution in [0.15, 0.2) is 67.0 Å². The van der Waals surface area contributed by atoms with Crippen molar-refractivity contribution in [2.24, 2.45) is 0 Å². The molecule has 1 fully saturated rings. The van der Waals surface area contributed by atoms with Crippen molar-refractivity contribution < 1.29 is 14.3 Å². The van der Waals surface area contributed by atoms with Crippen LogP contribution in [0.2, 0.25) is 0 Å². The van der Waals surface area contributed by atoms with E-state index in [1.54, 1.807) is 17.3 Å². The standard InChI is InChI=1S/C28H28N6O3/c35-27(22-9-5-4-8-21(22)26-29-11-12-30-26)33-13-10-24-23(19-33)25(28(36)32-14-16-37-17-15-32)31-34(24)18-20-6-2-1-3-7-20/h1-9,11-12H,10,13-19H2,(H,29,30). The van der Waals surface area contributed by atoms with Crippen molar-refractivity contribution in [3.63, 3.8) is 0 Å². The molecule has 2 aromatic carbocycles. The minimum Gasteiger partial charge on any atom is -0.378 e. The molecule has 0 radical (unpaired) electrons. The summed E-state index contributed by atoms with van der Waals surface area (Å²) < 4.78 is 7.38. The van der Waals surface area contributed by atoms with Crippen molar-refractivity contribution in [3.05, 3.63) is 95.1 Å². The zero-order chi connectivity index (χ0) is 25.2. The van der Waals surface area contributed by atoms with Crippen LogP contribution < -0.4 is 0 Å². The normalized spacial score (nSPS) is 15.5. The monoisotopic (exact) mass is 496 g/mol. The third-order valence-corrected chi connectivity index (χ3v) is 7.01. The zero-order valence-electron chi connectivity index (χ0n) is 20.5. The van der Waals surface area contributed by atoms with Gasteiger partial charge < -0.3 is 19.5 Å². The molecule has 2 aromatic heterocycles. The van der Waals surface area contributed by atoms with E-state index in [-0.39, 0.29) is 11.8 Å². The summed E-state index contributed by atoms with van der Waals surface area (Å²) in [5.74, 6) is 0.468. The highest BCUT2D eigenvalue weighted by atomic mass is 16.5. The van der Waals surface area contributed by atoms with E-state index in [2.05, 4.69) is 22.1 Å². The Hall–Kier alpha value is -4.24. The van der Waals surface area contributed by atoms with Gasteiger partial charge >= 0.3 is 0 Å². The maximum atomic E-state index is 13.8. The first kappa shape index (κ1) is 23.2. The predicted molar refractivity (Wildman–Crippen MR) is 137 cm³/mol. The number of carbonyl (C=O) groups excluding carboxylic acids is 2. The van der Waals surface area contributed by atoms with Gasteiger partial charge in [-0.15, -0.1) is 0 Å². The molecule has 6 rings (SSSR count). The van der Waals surface area contributed by atoms with Crippen molar-refractivity contribution in [2.75, 3.05) is 32.8 Å². The number of ether oxygens (including phenoxy) is 1. The summed E-state index contributed by atoms with van der Waals surface area (Å²) in [5, 5.41) is 4.82. The van der Waals surface area contributed by atoms with Gasteiger partial charge in [0.05, 0.1) is 31.9 Å². The van der Waals surface area contributed by atoms with Gasteiger partial charge in [-0.1, -0.05) is 48.5 Å². The number of imidazole rings is 1. The van der Waals surface area contributed by atoms with E-state index in [9.17, 15) is 9.59 Å². The fraction of sp³-hybridized carbons (Fsp3) is 0.286. The molecule has 2 aliphatic rings. The average Bonchev–Trinajstić information content (AvgIpc) is 3.62. The number of aromatic nitrogens is 4. The number of morpholine rings is 1. The van der Waals surface area contributed by atoms with Crippen LogP contribution >= 0.6 is 0 Å². The van der Waals surface area contributed by atoms with Gasteiger partial charge in [-0.3, -0.25) is 14.3 Å². The molecular formula is C28H28N6O3. The number of rotatable bonds is 5. The average molecular weight is 497 g/mol. The van der Waals surface area contributed by atoms with Crippen molar-refractivity contribution >= 4 is 11.8 Å². The SMILES string of the molecule is O=C(c1ccccc1-c1ncc[nH]1)N1CCc2c(c(C(=O)N3CCOCC3)nn2Cc2ccccc2)C1. The van der Waals surface area contributed by atoms with Crippen LogP contribution in [0.3, 0.4) is 0 Å². The van der Waals surface area contributed by atoms with Gasteiger partial charge in [0.1, 0.15) is 5.82 Å². The van der Waals surface area contributed by atoms with Crippen LogP contribution in [0.25, 0.3) is 11.4 Å². The van der Waals surface area contributed by atoms with E-state index in [1.165, 1.54) is 0 Å². The fourth-order valence-corrected chi connectivity index (χ4v) is 5.10. The molecule has 0 bridgehead atoms. The molecule has 0 saturated carbocycles. The molecule has 1 saturated heterocycles. The van der Waals surface area contributed by atoms with Gasteiger partial charge in [0.25, 0.3) is 11.8 Å². The van der Waals surface area contributed by atoms with Crippen LogP contribution in [0.5, 0.6) is 0 Å². The largest absolute Gasteiger partial charge is 0.378 e. The second kappa shape index (κ2) is 10.0. The second-order valence-corrected chi connectivity index (χ2v) is 9.28. The van der Waals surface area contributed by atoms with Crippen molar-refractivity contribution in [1.29, 1.82) is 0 Å². The highest BCUT2D eigenvalue weighted by Crippen LogP contribution is 2.28. The van der Waals surface area contributed by atoms with E-state index in [1.807, 2.05) is 52.0 Å². The van der Waals surface area contributed by atoms with Gasteiger partial charge in [-0.2, -0.15) is 5.10 Å². The van der Waals surface area contributed by atoms with E-state index >= 15 is 0 Å². The fourth-order valence-electron chi connectivity index (χ4n) is 5.10. The number of nitrogens with one attached hydrogen (secondary N) is 1. The molecule has 188 valence electrons. The highest BCUT2D eigenvalue weighted by molar-refractivity contribution is 6.00. The van der Waals surface area contributed by atoms with Crippen LogP contribution in [0.1, 0.15) is 37.7 Å². The number of carbonyl (C=O) groups is 2. The lowest BCUT2D eigenvalue weighted by Crippen LogP contribution is -2.42. The summed E-state index contributed by atoms with van der Waals surface area (Å²) in [6, 6.07) is 17.6. The van der Waals surface area contributed by atoms with Gasteiger partial charge in [0.15, 0.2) is 5.69 Å². The van der Waals surface area contributed by atoms with E-state index < -0.39 is 0 Å². The number of amides is 2. The number of nitrogens with zero attached hydrogens (tertiary/aromatic N) is 5. The maximum Gasteiger partial charge on any atom is 0.274 e. The first-order valence-electron chi connectivity index (χ1n) is 12.6. The Kier molecular flexibility index (Phi) is 6.28. The van der Waals surface area contributed by atoms with Gasteiger partial charge in [0, 0.05) is 55.3 Å². The molecule has 0 atom stereocenters. The molecule has 2 aliphatic heterocycles. The van der Waals surface area contributed by atoms with Gasteiger partial charge in [-0.05, 0) is 11.6 Å².